The Hall–Kier alpha value is -1.10. The van der Waals surface area contributed by atoms with Gasteiger partial charge in [0.2, 0.25) is 5.91 Å². The highest BCUT2D eigenvalue weighted by Gasteiger charge is 2.48. The highest BCUT2D eigenvalue weighted by Crippen LogP contribution is 2.34. The van der Waals surface area contributed by atoms with Crippen molar-refractivity contribution >= 4 is 11.9 Å². The average molecular weight is 242 g/mol. The lowest BCUT2D eigenvalue weighted by Gasteiger charge is -2.35. The van der Waals surface area contributed by atoms with Crippen molar-refractivity contribution in [1.82, 2.24) is 4.90 Å². The molecule has 0 aromatic rings. The number of carboxylic acid groups (broad SMARTS) is 1. The molecule has 1 aliphatic rings. The minimum absolute atomic E-state index is 0.0720. The van der Waals surface area contributed by atoms with Crippen molar-refractivity contribution in [2.24, 2.45) is 11.7 Å². The molecule has 1 heterocycles. The van der Waals surface area contributed by atoms with Crippen LogP contribution in [0.5, 0.6) is 0 Å². The SMILES string of the molecule is CCC1(C(=O)O)CCCN1C(=O)C(C)CCN. The van der Waals surface area contributed by atoms with Crippen molar-refractivity contribution in [3.8, 4) is 0 Å². The molecule has 0 saturated carbocycles. The van der Waals surface area contributed by atoms with Crippen molar-refractivity contribution in [3.63, 3.8) is 0 Å². The van der Waals surface area contributed by atoms with Crippen LogP contribution in [-0.2, 0) is 9.59 Å². The normalized spacial score (nSPS) is 25.9. The molecule has 1 fully saturated rings. The first-order valence-corrected chi connectivity index (χ1v) is 6.24. The number of hydrogen-bond donors (Lipinski definition) is 2. The molecule has 0 spiro atoms. The van der Waals surface area contributed by atoms with Crippen LogP contribution in [0.1, 0.15) is 39.5 Å². The second kappa shape index (κ2) is 5.49. The summed E-state index contributed by atoms with van der Waals surface area (Å²) >= 11 is 0. The van der Waals surface area contributed by atoms with Crippen molar-refractivity contribution in [2.75, 3.05) is 13.1 Å². The number of hydrogen-bond acceptors (Lipinski definition) is 3. The summed E-state index contributed by atoms with van der Waals surface area (Å²) in [4.78, 5) is 25.2. The van der Waals surface area contributed by atoms with Gasteiger partial charge in [0.15, 0.2) is 0 Å². The fourth-order valence-corrected chi connectivity index (χ4v) is 2.58. The molecule has 2 unspecified atom stereocenters. The van der Waals surface area contributed by atoms with Crippen LogP contribution in [0.4, 0.5) is 0 Å². The Balaban J connectivity index is 2.88. The van der Waals surface area contributed by atoms with E-state index in [1.54, 1.807) is 4.90 Å². The number of nitrogens with zero attached hydrogens (tertiary/aromatic N) is 1. The number of carbonyl (C=O) groups excluding carboxylic acids is 1. The Morgan fingerprint density at radius 3 is 2.65 bits per heavy atom. The van der Waals surface area contributed by atoms with Crippen LogP contribution in [0.15, 0.2) is 0 Å². The minimum Gasteiger partial charge on any atom is -0.479 e. The smallest absolute Gasteiger partial charge is 0.329 e. The van der Waals surface area contributed by atoms with Gasteiger partial charge in [0, 0.05) is 12.5 Å². The summed E-state index contributed by atoms with van der Waals surface area (Å²) in [7, 11) is 0. The predicted octanol–water partition coefficient (Wildman–Crippen LogP) is 0.827. The molecule has 98 valence electrons. The van der Waals surface area contributed by atoms with E-state index in [4.69, 9.17) is 5.73 Å². The molecule has 0 aromatic heterocycles. The van der Waals surface area contributed by atoms with Gasteiger partial charge < -0.3 is 15.7 Å². The molecule has 0 radical (unpaired) electrons. The Morgan fingerprint density at radius 2 is 2.18 bits per heavy atom. The van der Waals surface area contributed by atoms with E-state index in [0.717, 1.165) is 6.42 Å². The third-order valence-electron chi connectivity index (χ3n) is 3.76. The molecular weight excluding hydrogens is 220 g/mol. The third-order valence-corrected chi connectivity index (χ3v) is 3.76. The van der Waals surface area contributed by atoms with Gasteiger partial charge >= 0.3 is 5.97 Å². The van der Waals surface area contributed by atoms with Crippen molar-refractivity contribution < 1.29 is 14.7 Å². The van der Waals surface area contributed by atoms with E-state index in [9.17, 15) is 14.7 Å². The molecule has 5 nitrogen and oxygen atoms in total. The highest BCUT2D eigenvalue weighted by atomic mass is 16.4. The van der Waals surface area contributed by atoms with Crippen molar-refractivity contribution in [1.29, 1.82) is 0 Å². The Kier molecular flexibility index (Phi) is 4.51. The molecule has 3 N–H and O–H groups in total. The Bertz CT molecular complexity index is 306. The predicted molar refractivity (Wildman–Crippen MR) is 64.4 cm³/mol. The highest BCUT2D eigenvalue weighted by molar-refractivity contribution is 5.88. The minimum atomic E-state index is -0.986. The van der Waals surface area contributed by atoms with Gasteiger partial charge in [0.25, 0.3) is 0 Å². The molecule has 0 aliphatic carbocycles. The summed E-state index contributed by atoms with van der Waals surface area (Å²) < 4.78 is 0. The van der Waals surface area contributed by atoms with E-state index in [2.05, 4.69) is 0 Å². The summed E-state index contributed by atoms with van der Waals surface area (Å²) in [5, 5.41) is 9.38. The van der Waals surface area contributed by atoms with E-state index >= 15 is 0 Å². The summed E-state index contributed by atoms with van der Waals surface area (Å²) in [6.07, 6.45) is 2.39. The second-order valence-electron chi connectivity index (χ2n) is 4.76. The summed E-state index contributed by atoms with van der Waals surface area (Å²) in [6.45, 7) is 4.64. The molecule has 0 aromatic carbocycles. The first-order valence-electron chi connectivity index (χ1n) is 6.24. The monoisotopic (exact) mass is 242 g/mol. The maximum absolute atomic E-state index is 12.2. The van der Waals surface area contributed by atoms with E-state index in [1.165, 1.54) is 0 Å². The van der Waals surface area contributed by atoms with Crippen LogP contribution >= 0.6 is 0 Å². The standard InChI is InChI=1S/C12H22N2O3/c1-3-12(11(16)17)6-4-8-14(12)10(15)9(2)5-7-13/h9H,3-8,13H2,1-2H3,(H,16,17). The zero-order valence-corrected chi connectivity index (χ0v) is 10.6. The van der Waals surface area contributed by atoms with Crippen LogP contribution < -0.4 is 5.73 Å². The van der Waals surface area contributed by atoms with Crippen LogP contribution in [0, 0.1) is 5.92 Å². The fraction of sp³-hybridized carbons (Fsp3) is 0.833. The lowest BCUT2D eigenvalue weighted by molar-refractivity contribution is -0.158. The summed E-state index contributed by atoms with van der Waals surface area (Å²) in [5.41, 5.74) is 4.45. The molecular formula is C12H22N2O3. The topological polar surface area (TPSA) is 83.6 Å². The number of nitrogens with two attached hydrogens (primary N) is 1. The zero-order valence-electron chi connectivity index (χ0n) is 10.6. The van der Waals surface area contributed by atoms with Gasteiger partial charge in [-0.05, 0) is 32.2 Å². The van der Waals surface area contributed by atoms with Gasteiger partial charge in [-0.25, -0.2) is 4.79 Å². The molecule has 5 heteroatoms. The number of carboxylic acids is 1. The van der Waals surface area contributed by atoms with Gasteiger partial charge in [-0.15, -0.1) is 0 Å². The number of aliphatic carboxylic acids is 1. The quantitative estimate of drug-likeness (QED) is 0.748. The van der Waals surface area contributed by atoms with Gasteiger partial charge in [-0.2, -0.15) is 0 Å². The number of amides is 1. The first kappa shape index (κ1) is 14.0. The van der Waals surface area contributed by atoms with E-state index in [-0.39, 0.29) is 11.8 Å². The summed E-state index contributed by atoms with van der Waals surface area (Å²) in [5.74, 6) is -1.15. The lowest BCUT2D eigenvalue weighted by Crippen LogP contribution is -2.54. The Labute approximate surface area is 102 Å². The second-order valence-corrected chi connectivity index (χ2v) is 4.76. The Morgan fingerprint density at radius 1 is 1.53 bits per heavy atom. The van der Waals surface area contributed by atoms with Crippen LogP contribution in [0.3, 0.4) is 0 Å². The van der Waals surface area contributed by atoms with Crippen molar-refractivity contribution in [2.45, 2.75) is 45.1 Å². The average Bonchev–Trinajstić information content (AvgIpc) is 2.73. The molecule has 17 heavy (non-hydrogen) atoms. The van der Waals surface area contributed by atoms with Crippen LogP contribution in [0.2, 0.25) is 0 Å². The van der Waals surface area contributed by atoms with Crippen molar-refractivity contribution in [3.05, 3.63) is 0 Å². The third kappa shape index (κ3) is 2.44. The van der Waals surface area contributed by atoms with Crippen LogP contribution in [-0.4, -0.2) is 40.5 Å². The fourth-order valence-electron chi connectivity index (χ4n) is 2.58. The molecule has 1 saturated heterocycles. The van der Waals surface area contributed by atoms with E-state index < -0.39 is 11.5 Å². The number of carbonyl (C=O) groups is 2. The van der Waals surface area contributed by atoms with Gasteiger partial charge in [-0.3, -0.25) is 4.79 Å². The molecule has 1 rings (SSSR count). The maximum atomic E-state index is 12.2. The number of likely N-dealkylation sites (tertiary alicyclic amines) is 1. The van der Waals surface area contributed by atoms with Crippen LogP contribution in [0.25, 0.3) is 0 Å². The maximum Gasteiger partial charge on any atom is 0.329 e. The molecule has 1 amide bonds. The zero-order chi connectivity index (χ0) is 13.1. The van der Waals surface area contributed by atoms with Gasteiger partial charge in [0.05, 0.1) is 0 Å². The van der Waals surface area contributed by atoms with E-state index in [0.29, 0.717) is 32.4 Å². The first-order chi connectivity index (χ1) is 7.99. The van der Waals surface area contributed by atoms with Gasteiger partial charge in [0.1, 0.15) is 5.54 Å². The summed E-state index contributed by atoms with van der Waals surface area (Å²) in [6, 6.07) is 0. The molecule has 2 atom stereocenters. The van der Waals surface area contributed by atoms with Gasteiger partial charge in [-0.1, -0.05) is 13.8 Å². The molecule has 0 bridgehead atoms. The molecule has 1 aliphatic heterocycles. The lowest BCUT2D eigenvalue weighted by atomic mass is 9.91. The largest absolute Gasteiger partial charge is 0.479 e. The number of rotatable bonds is 5. The van der Waals surface area contributed by atoms with E-state index in [1.807, 2.05) is 13.8 Å².